The van der Waals surface area contributed by atoms with Crippen LogP contribution in [0, 0.1) is 20.8 Å². The molecule has 1 unspecified atom stereocenters. The van der Waals surface area contributed by atoms with Crippen LogP contribution < -0.4 is 10.1 Å². The van der Waals surface area contributed by atoms with Gasteiger partial charge < -0.3 is 10.1 Å². The van der Waals surface area contributed by atoms with Crippen molar-refractivity contribution < 1.29 is 9.53 Å². The molecule has 23 heavy (non-hydrogen) atoms. The van der Waals surface area contributed by atoms with E-state index in [4.69, 9.17) is 4.74 Å². The van der Waals surface area contributed by atoms with Crippen molar-refractivity contribution in [2.24, 2.45) is 0 Å². The molecule has 1 amide bonds. The number of amides is 1. The second-order valence-corrected chi connectivity index (χ2v) is 5.99. The highest BCUT2D eigenvalue weighted by Crippen LogP contribution is 2.21. The molecule has 2 aromatic rings. The molecule has 0 spiro atoms. The number of rotatable bonds is 6. The fourth-order valence-corrected chi connectivity index (χ4v) is 2.32. The number of hydrogen-bond acceptors (Lipinski definition) is 2. The Kier molecular flexibility index (Phi) is 5.80. The highest BCUT2D eigenvalue weighted by molar-refractivity contribution is 5.81. The van der Waals surface area contributed by atoms with E-state index in [0.29, 0.717) is 13.0 Å². The summed E-state index contributed by atoms with van der Waals surface area (Å²) in [6, 6.07) is 14.2. The summed E-state index contributed by atoms with van der Waals surface area (Å²) in [5.74, 6) is 0.705. The molecule has 122 valence electrons. The van der Waals surface area contributed by atoms with Gasteiger partial charge in [-0.1, -0.05) is 48.9 Å². The topological polar surface area (TPSA) is 38.3 Å². The van der Waals surface area contributed by atoms with Gasteiger partial charge in [-0.2, -0.15) is 0 Å². The number of ether oxygens (including phenoxy) is 1. The number of aryl methyl sites for hydroxylation is 3. The number of benzene rings is 2. The minimum absolute atomic E-state index is 0.0750. The lowest BCUT2D eigenvalue weighted by Gasteiger charge is -2.19. The minimum Gasteiger partial charge on any atom is -0.480 e. The van der Waals surface area contributed by atoms with E-state index >= 15 is 0 Å². The summed E-state index contributed by atoms with van der Waals surface area (Å²) in [6.45, 7) is 8.54. The van der Waals surface area contributed by atoms with Crippen LogP contribution in [0.4, 0.5) is 0 Å². The predicted octanol–water partition coefficient (Wildman–Crippen LogP) is 4.09. The quantitative estimate of drug-likeness (QED) is 0.872. The van der Waals surface area contributed by atoms with Crippen LogP contribution in [0.15, 0.2) is 42.5 Å². The Bertz CT molecular complexity index is 662. The molecular weight excluding hydrogens is 286 g/mol. The van der Waals surface area contributed by atoms with Crippen molar-refractivity contribution in [3.63, 3.8) is 0 Å². The Balaban J connectivity index is 1.98. The zero-order valence-electron chi connectivity index (χ0n) is 14.3. The number of hydrogen-bond donors (Lipinski definition) is 1. The highest BCUT2D eigenvalue weighted by atomic mass is 16.5. The van der Waals surface area contributed by atoms with Crippen LogP contribution in [0.5, 0.6) is 5.75 Å². The van der Waals surface area contributed by atoms with E-state index in [1.54, 1.807) is 0 Å². The Hall–Kier alpha value is -2.29. The van der Waals surface area contributed by atoms with Gasteiger partial charge in [0.25, 0.3) is 5.91 Å². The van der Waals surface area contributed by atoms with Crippen LogP contribution in [0.3, 0.4) is 0 Å². The average molecular weight is 311 g/mol. The first-order chi connectivity index (χ1) is 11.0. The zero-order valence-corrected chi connectivity index (χ0v) is 14.3. The van der Waals surface area contributed by atoms with Crippen molar-refractivity contribution in [1.29, 1.82) is 0 Å². The van der Waals surface area contributed by atoms with E-state index in [1.165, 1.54) is 5.56 Å². The monoisotopic (exact) mass is 311 g/mol. The van der Waals surface area contributed by atoms with Crippen LogP contribution in [0.2, 0.25) is 0 Å². The lowest BCUT2D eigenvalue weighted by atomic mass is 10.1. The maximum atomic E-state index is 12.4. The van der Waals surface area contributed by atoms with E-state index in [1.807, 2.05) is 70.2 Å². The first kappa shape index (κ1) is 17.1. The van der Waals surface area contributed by atoms with Gasteiger partial charge in [-0.05, 0) is 49.9 Å². The number of carbonyl (C=O) groups is 1. The number of carbonyl (C=O) groups excluding carboxylic acids is 1. The molecule has 0 aliphatic heterocycles. The van der Waals surface area contributed by atoms with Crippen LogP contribution in [0.25, 0.3) is 0 Å². The van der Waals surface area contributed by atoms with E-state index in [9.17, 15) is 4.79 Å². The standard InChI is InChI=1S/C20H25NO2/c1-5-18(23-19-12-15(3)6-9-16(19)4)20(22)21-13-17-10-7-14(2)8-11-17/h6-12,18H,5,13H2,1-4H3,(H,21,22). The maximum Gasteiger partial charge on any atom is 0.261 e. The smallest absolute Gasteiger partial charge is 0.261 e. The van der Waals surface area contributed by atoms with Gasteiger partial charge in [0.05, 0.1) is 0 Å². The zero-order chi connectivity index (χ0) is 16.8. The molecule has 0 heterocycles. The summed E-state index contributed by atoms with van der Waals surface area (Å²) in [4.78, 5) is 12.4. The van der Waals surface area contributed by atoms with E-state index in [2.05, 4.69) is 5.32 Å². The lowest BCUT2D eigenvalue weighted by Crippen LogP contribution is -2.37. The molecule has 1 atom stereocenters. The molecule has 2 rings (SSSR count). The van der Waals surface area contributed by atoms with E-state index in [-0.39, 0.29) is 5.91 Å². The molecule has 0 saturated carbocycles. The molecule has 0 aliphatic rings. The van der Waals surface area contributed by atoms with Gasteiger partial charge in [-0.25, -0.2) is 0 Å². The van der Waals surface area contributed by atoms with Gasteiger partial charge in [-0.3, -0.25) is 4.79 Å². The summed E-state index contributed by atoms with van der Waals surface area (Å²) in [6.07, 6.45) is 0.161. The van der Waals surface area contributed by atoms with Crippen molar-refractivity contribution in [3.8, 4) is 5.75 Å². The van der Waals surface area contributed by atoms with Gasteiger partial charge >= 0.3 is 0 Å². The van der Waals surface area contributed by atoms with Gasteiger partial charge in [0.1, 0.15) is 5.75 Å². The summed E-state index contributed by atoms with van der Waals surface area (Å²) < 4.78 is 5.93. The third-order valence-electron chi connectivity index (χ3n) is 3.86. The SMILES string of the molecule is CCC(Oc1cc(C)ccc1C)C(=O)NCc1ccc(C)cc1. The second kappa shape index (κ2) is 7.82. The normalized spacial score (nSPS) is 11.8. The highest BCUT2D eigenvalue weighted by Gasteiger charge is 2.18. The molecule has 1 N–H and O–H groups in total. The van der Waals surface area contributed by atoms with Gasteiger partial charge in [-0.15, -0.1) is 0 Å². The fourth-order valence-electron chi connectivity index (χ4n) is 2.32. The van der Waals surface area contributed by atoms with Crippen molar-refractivity contribution in [1.82, 2.24) is 5.32 Å². The van der Waals surface area contributed by atoms with Crippen molar-refractivity contribution in [3.05, 3.63) is 64.7 Å². The summed E-state index contributed by atoms with van der Waals surface area (Å²) in [7, 11) is 0. The molecule has 0 aromatic heterocycles. The van der Waals surface area contributed by atoms with Crippen LogP contribution in [0.1, 0.15) is 35.6 Å². The minimum atomic E-state index is -0.471. The van der Waals surface area contributed by atoms with Crippen LogP contribution in [-0.4, -0.2) is 12.0 Å². The third-order valence-corrected chi connectivity index (χ3v) is 3.86. The Morgan fingerprint density at radius 3 is 2.35 bits per heavy atom. The van der Waals surface area contributed by atoms with Gasteiger partial charge in [0.2, 0.25) is 0 Å². The first-order valence-corrected chi connectivity index (χ1v) is 8.06. The molecule has 0 radical (unpaired) electrons. The average Bonchev–Trinajstić information content (AvgIpc) is 2.54. The molecule has 2 aromatic carbocycles. The maximum absolute atomic E-state index is 12.4. The first-order valence-electron chi connectivity index (χ1n) is 8.06. The summed E-state index contributed by atoms with van der Waals surface area (Å²) in [5, 5.41) is 2.96. The largest absolute Gasteiger partial charge is 0.480 e. The second-order valence-electron chi connectivity index (χ2n) is 5.99. The van der Waals surface area contributed by atoms with E-state index < -0.39 is 6.10 Å². The van der Waals surface area contributed by atoms with Crippen molar-refractivity contribution in [2.75, 3.05) is 0 Å². The summed E-state index contributed by atoms with van der Waals surface area (Å²) >= 11 is 0. The lowest BCUT2D eigenvalue weighted by molar-refractivity contribution is -0.128. The molecule has 3 nitrogen and oxygen atoms in total. The van der Waals surface area contributed by atoms with Gasteiger partial charge in [0.15, 0.2) is 6.10 Å². The molecule has 3 heteroatoms. The van der Waals surface area contributed by atoms with E-state index in [0.717, 1.165) is 22.4 Å². The third kappa shape index (κ3) is 4.85. The fraction of sp³-hybridized carbons (Fsp3) is 0.350. The Morgan fingerprint density at radius 2 is 1.70 bits per heavy atom. The van der Waals surface area contributed by atoms with Crippen molar-refractivity contribution >= 4 is 5.91 Å². The number of nitrogens with one attached hydrogen (secondary N) is 1. The Morgan fingerprint density at radius 1 is 1.04 bits per heavy atom. The molecule has 0 bridgehead atoms. The van der Waals surface area contributed by atoms with Crippen molar-refractivity contribution in [2.45, 2.75) is 46.8 Å². The van der Waals surface area contributed by atoms with Crippen LogP contribution in [-0.2, 0) is 11.3 Å². The molecule has 0 aliphatic carbocycles. The summed E-state index contributed by atoms with van der Waals surface area (Å²) in [5.41, 5.74) is 4.47. The molecular formula is C20H25NO2. The Labute approximate surface area is 138 Å². The molecule has 0 saturated heterocycles. The van der Waals surface area contributed by atoms with Crippen LogP contribution >= 0.6 is 0 Å². The molecule has 0 fully saturated rings. The predicted molar refractivity (Wildman–Crippen MR) is 93.6 cm³/mol. The van der Waals surface area contributed by atoms with Gasteiger partial charge in [0, 0.05) is 6.54 Å².